The number of benzene rings is 2. The molecule has 0 heterocycles. The van der Waals surface area contributed by atoms with Gasteiger partial charge in [0.2, 0.25) is 0 Å². The molecule has 0 atom stereocenters. The molecule has 112 valence electrons. The molecule has 0 aliphatic carbocycles. The minimum Gasteiger partial charge on any atom is -0.388 e. The van der Waals surface area contributed by atoms with Crippen molar-refractivity contribution in [3.8, 4) is 0 Å². The highest BCUT2D eigenvalue weighted by Crippen LogP contribution is 2.21. The third-order valence-electron chi connectivity index (χ3n) is 3.01. The van der Waals surface area contributed by atoms with E-state index in [4.69, 9.17) is 4.74 Å². The average molecular weight is 306 g/mol. The van der Waals surface area contributed by atoms with E-state index in [1.807, 2.05) is 12.1 Å². The molecule has 2 aromatic rings. The maximum absolute atomic E-state index is 12.4. The van der Waals surface area contributed by atoms with Crippen LogP contribution in [0.4, 0.5) is 11.4 Å². The number of hydrogen-bond acceptors (Lipinski definition) is 4. The van der Waals surface area contributed by atoms with Crippen molar-refractivity contribution in [3.05, 3.63) is 54.1 Å². The Morgan fingerprint density at radius 2 is 1.71 bits per heavy atom. The molecule has 21 heavy (non-hydrogen) atoms. The van der Waals surface area contributed by atoms with Gasteiger partial charge >= 0.3 is 0 Å². The van der Waals surface area contributed by atoms with Crippen LogP contribution in [0.1, 0.15) is 5.56 Å². The Kier molecular flexibility index (Phi) is 4.82. The van der Waals surface area contributed by atoms with Gasteiger partial charge in [-0.15, -0.1) is 0 Å². The van der Waals surface area contributed by atoms with Gasteiger partial charge in [-0.25, -0.2) is 8.42 Å². The first-order chi connectivity index (χ1) is 10.1. The van der Waals surface area contributed by atoms with Crippen molar-refractivity contribution in [1.82, 2.24) is 0 Å². The second kappa shape index (κ2) is 6.60. The Morgan fingerprint density at radius 3 is 2.33 bits per heavy atom. The van der Waals surface area contributed by atoms with Crippen molar-refractivity contribution in [3.63, 3.8) is 0 Å². The van der Waals surface area contributed by atoms with E-state index in [1.54, 1.807) is 50.6 Å². The summed E-state index contributed by atoms with van der Waals surface area (Å²) in [4.78, 5) is 0.216. The van der Waals surface area contributed by atoms with Crippen LogP contribution in [-0.4, -0.2) is 22.6 Å². The van der Waals surface area contributed by atoms with E-state index < -0.39 is 10.0 Å². The molecule has 0 aliphatic rings. The standard InChI is InChI=1S/C15H18N2O3S/c1-16-13-7-9-14(10-8-13)21(18,19)17-15-6-4-3-5-12(15)11-20-2/h3-10,16-17H,11H2,1-2H3. The third-order valence-corrected chi connectivity index (χ3v) is 4.40. The summed E-state index contributed by atoms with van der Waals surface area (Å²) in [5, 5.41) is 2.95. The number of para-hydroxylation sites is 1. The topological polar surface area (TPSA) is 67.4 Å². The first kappa shape index (κ1) is 15.3. The lowest BCUT2D eigenvalue weighted by molar-refractivity contribution is 0.185. The fourth-order valence-electron chi connectivity index (χ4n) is 1.91. The minimum absolute atomic E-state index is 0.216. The van der Waals surface area contributed by atoms with Gasteiger partial charge in [-0.2, -0.15) is 0 Å². The maximum Gasteiger partial charge on any atom is 0.261 e. The molecule has 0 bridgehead atoms. The van der Waals surface area contributed by atoms with Crippen molar-refractivity contribution >= 4 is 21.4 Å². The third kappa shape index (κ3) is 3.74. The van der Waals surface area contributed by atoms with Crippen LogP contribution >= 0.6 is 0 Å². The lowest BCUT2D eigenvalue weighted by atomic mass is 10.2. The first-order valence-electron chi connectivity index (χ1n) is 6.44. The highest BCUT2D eigenvalue weighted by molar-refractivity contribution is 7.92. The molecule has 0 radical (unpaired) electrons. The quantitative estimate of drug-likeness (QED) is 0.861. The van der Waals surface area contributed by atoms with E-state index in [2.05, 4.69) is 10.0 Å². The number of rotatable bonds is 6. The molecule has 0 amide bonds. The minimum atomic E-state index is -3.61. The molecule has 2 rings (SSSR count). The van der Waals surface area contributed by atoms with Gasteiger partial charge < -0.3 is 10.1 Å². The van der Waals surface area contributed by atoms with Crippen molar-refractivity contribution < 1.29 is 13.2 Å². The Bertz CT molecular complexity index is 697. The summed E-state index contributed by atoms with van der Waals surface area (Å²) < 4.78 is 32.4. The van der Waals surface area contributed by atoms with E-state index in [1.165, 1.54) is 0 Å². The summed E-state index contributed by atoms with van der Waals surface area (Å²) in [6, 6.07) is 13.7. The smallest absolute Gasteiger partial charge is 0.261 e. The van der Waals surface area contributed by atoms with Crippen LogP contribution in [0.5, 0.6) is 0 Å². The van der Waals surface area contributed by atoms with E-state index in [0.29, 0.717) is 12.3 Å². The molecule has 0 saturated carbocycles. The maximum atomic E-state index is 12.4. The van der Waals surface area contributed by atoms with Crippen molar-refractivity contribution in [1.29, 1.82) is 0 Å². The van der Waals surface area contributed by atoms with Crippen LogP contribution in [0.2, 0.25) is 0 Å². The summed E-state index contributed by atoms with van der Waals surface area (Å²) in [6.45, 7) is 0.345. The number of hydrogen-bond donors (Lipinski definition) is 2. The predicted molar refractivity (Wildman–Crippen MR) is 84.0 cm³/mol. The molecule has 2 aromatic carbocycles. The van der Waals surface area contributed by atoms with E-state index in [9.17, 15) is 8.42 Å². The van der Waals surface area contributed by atoms with Gasteiger partial charge in [-0.3, -0.25) is 4.72 Å². The van der Waals surface area contributed by atoms with Crippen LogP contribution in [0, 0.1) is 0 Å². The monoisotopic (exact) mass is 306 g/mol. The molecule has 0 aliphatic heterocycles. The highest BCUT2D eigenvalue weighted by Gasteiger charge is 2.15. The van der Waals surface area contributed by atoms with Crippen LogP contribution in [-0.2, 0) is 21.4 Å². The lowest BCUT2D eigenvalue weighted by Crippen LogP contribution is -2.14. The predicted octanol–water partition coefficient (Wildman–Crippen LogP) is 2.68. The van der Waals surface area contributed by atoms with Crippen molar-refractivity contribution in [2.24, 2.45) is 0 Å². The van der Waals surface area contributed by atoms with Crippen LogP contribution in [0.25, 0.3) is 0 Å². The summed E-state index contributed by atoms with van der Waals surface area (Å²) >= 11 is 0. The highest BCUT2D eigenvalue weighted by atomic mass is 32.2. The lowest BCUT2D eigenvalue weighted by Gasteiger charge is -2.12. The largest absolute Gasteiger partial charge is 0.388 e. The van der Waals surface area contributed by atoms with Crippen LogP contribution in [0.15, 0.2) is 53.4 Å². The van der Waals surface area contributed by atoms with Crippen LogP contribution < -0.4 is 10.0 Å². The molecule has 0 fully saturated rings. The molecule has 5 nitrogen and oxygen atoms in total. The zero-order chi connectivity index (χ0) is 15.3. The normalized spacial score (nSPS) is 11.1. The second-order valence-corrected chi connectivity index (χ2v) is 6.15. The molecular weight excluding hydrogens is 288 g/mol. The second-order valence-electron chi connectivity index (χ2n) is 4.47. The van der Waals surface area contributed by atoms with E-state index in [-0.39, 0.29) is 4.90 Å². The average Bonchev–Trinajstić information content (AvgIpc) is 2.49. The Labute approximate surface area is 125 Å². The van der Waals surface area contributed by atoms with E-state index in [0.717, 1.165) is 11.3 Å². The Balaban J connectivity index is 2.28. The van der Waals surface area contributed by atoms with Gasteiger partial charge in [0.05, 0.1) is 17.2 Å². The zero-order valence-corrected chi connectivity index (χ0v) is 12.8. The summed E-state index contributed by atoms with van der Waals surface area (Å²) in [5.74, 6) is 0. The first-order valence-corrected chi connectivity index (χ1v) is 7.92. The van der Waals surface area contributed by atoms with Crippen molar-refractivity contribution in [2.45, 2.75) is 11.5 Å². The van der Waals surface area contributed by atoms with Crippen molar-refractivity contribution in [2.75, 3.05) is 24.2 Å². The van der Waals surface area contributed by atoms with Gasteiger partial charge in [-0.05, 0) is 30.3 Å². The SMILES string of the molecule is CNc1ccc(S(=O)(=O)Nc2ccccc2COC)cc1. The Morgan fingerprint density at radius 1 is 1.05 bits per heavy atom. The summed E-state index contributed by atoms with van der Waals surface area (Å²) in [5.41, 5.74) is 2.17. The number of anilines is 2. The van der Waals surface area contributed by atoms with Gasteiger partial charge in [0.15, 0.2) is 0 Å². The number of methoxy groups -OCH3 is 1. The number of nitrogens with one attached hydrogen (secondary N) is 2. The fourth-order valence-corrected chi connectivity index (χ4v) is 3.01. The van der Waals surface area contributed by atoms with E-state index >= 15 is 0 Å². The zero-order valence-electron chi connectivity index (χ0n) is 12.0. The van der Waals surface area contributed by atoms with Gasteiger partial charge in [-0.1, -0.05) is 18.2 Å². The molecule has 0 aromatic heterocycles. The molecular formula is C15H18N2O3S. The molecule has 0 spiro atoms. The summed E-state index contributed by atoms with van der Waals surface area (Å²) in [6.07, 6.45) is 0. The molecule has 0 saturated heterocycles. The van der Waals surface area contributed by atoms with Gasteiger partial charge in [0, 0.05) is 25.4 Å². The van der Waals surface area contributed by atoms with Gasteiger partial charge in [0.1, 0.15) is 0 Å². The number of sulfonamides is 1. The summed E-state index contributed by atoms with van der Waals surface area (Å²) in [7, 11) is -0.261. The molecule has 6 heteroatoms. The Hall–Kier alpha value is -2.05. The van der Waals surface area contributed by atoms with Crippen LogP contribution in [0.3, 0.4) is 0 Å². The number of ether oxygens (including phenoxy) is 1. The fraction of sp³-hybridized carbons (Fsp3) is 0.200. The molecule has 2 N–H and O–H groups in total. The van der Waals surface area contributed by atoms with Gasteiger partial charge in [0.25, 0.3) is 10.0 Å². The molecule has 0 unspecified atom stereocenters.